The number of nitrogens with one attached hydrogen (secondary N) is 2. The molecule has 0 bridgehead atoms. The zero-order valence-corrected chi connectivity index (χ0v) is 12.8. The van der Waals surface area contributed by atoms with Crippen LogP contribution in [0.4, 0.5) is 5.69 Å². The summed E-state index contributed by atoms with van der Waals surface area (Å²) >= 11 is 2.13. The molecule has 21 heavy (non-hydrogen) atoms. The van der Waals surface area contributed by atoms with Gasteiger partial charge in [-0.15, -0.1) is 0 Å². The summed E-state index contributed by atoms with van der Waals surface area (Å²) in [7, 11) is 0. The fraction of sp³-hybridized carbons (Fsp3) is 0. The first-order valence-corrected chi connectivity index (χ1v) is 7.19. The van der Waals surface area contributed by atoms with E-state index in [2.05, 4.69) is 33.2 Å². The summed E-state index contributed by atoms with van der Waals surface area (Å²) in [5.41, 5.74) is 1.61. The highest BCUT2D eigenvalue weighted by molar-refractivity contribution is 14.1. The molecule has 1 heterocycles. The Labute approximate surface area is 133 Å². The van der Waals surface area contributed by atoms with E-state index in [0.29, 0.717) is 16.8 Å². The predicted molar refractivity (Wildman–Crippen MR) is 85.4 cm³/mol. The maximum atomic E-state index is 12.1. The number of carbonyl (C=O) groups excluding carboxylic acids is 3. The van der Waals surface area contributed by atoms with Crippen LogP contribution in [0.5, 0.6) is 0 Å². The van der Waals surface area contributed by atoms with Crippen LogP contribution < -0.4 is 10.6 Å². The van der Waals surface area contributed by atoms with Gasteiger partial charge in [-0.3, -0.25) is 19.7 Å². The molecule has 6 heteroatoms. The summed E-state index contributed by atoms with van der Waals surface area (Å²) in [5.74, 6) is -1.12. The normalized spacial score (nSPS) is 12.8. The maximum absolute atomic E-state index is 12.1. The average molecular weight is 392 g/mol. The molecule has 2 aromatic carbocycles. The van der Waals surface area contributed by atoms with E-state index in [1.54, 1.807) is 24.3 Å². The Bertz CT molecular complexity index is 786. The fourth-order valence-electron chi connectivity index (χ4n) is 2.08. The van der Waals surface area contributed by atoms with Crippen molar-refractivity contribution in [1.29, 1.82) is 0 Å². The van der Waals surface area contributed by atoms with Crippen LogP contribution in [0.15, 0.2) is 42.5 Å². The number of fused-ring (bicyclic) bond motifs is 1. The molecule has 104 valence electrons. The van der Waals surface area contributed by atoms with Gasteiger partial charge < -0.3 is 5.32 Å². The highest BCUT2D eigenvalue weighted by atomic mass is 127. The first kappa shape index (κ1) is 13.7. The topological polar surface area (TPSA) is 75.3 Å². The lowest BCUT2D eigenvalue weighted by atomic mass is 10.1. The summed E-state index contributed by atoms with van der Waals surface area (Å²) < 4.78 is 0.958. The van der Waals surface area contributed by atoms with Crippen molar-refractivity contribution < 1.29 is 14.4 Å². The predicted octanol–water partition coefficient (Wildman–Crippen LogP) is 2.43. The molecule has 0 radical (unpaired) electrons. The Morgan fingerprint density at radius 3 is 2.52 bits per heavy atom. The number of amides is 3. The number of hydrogen-bond donors (Lipinski definition) is 2. The summed E-state index contributed by atoms with van der Waals surface area (Å²) in [6.07, 6.45) is 0. The zero-order valence-electron chi connectivity index (χ0n) is 10.6. The van der Waals surface area contributed by atoms with Gasteiger partial charge in [0.2, 0.25) is 0 Å². The van der Waals surface area contributed by atoms with Crippen LogP contribution in [0.2, 0.25) is 0 Å². The van der Waals surface area contributed by atoms with E-state index in [-0.39, 0.29) is 11.5 Å². The van der Waals surface area contributed by atoms with E-state index < -0.39 is 11.8 Å². The van der Waals surface area contributed by atoms with Gasteiger partial charge in [0, 0.05) is 14.8 Å². The van der Waals surface area contributed by atoms with Gasteiger partial charge >= 0.3 is 0 Å². The number of carbonyl (C=O) groups is 3. The van der Waals surface area contributed by atoms with E-state index in [4.69, 9.17) is 0 Å². The number of benzene rings is 2. The second-order valence-corrected chi connectivity index (χ2v) is 5.75. The first-order chi connectivity index (χ1) is 10.0. The van der Waals surface area contributed by atoms with Crippen LogP contribution in [-0.2, 0) is 0 Å². The largest absolute Gasteiger partial charge is 0.322 e. The summed E-state index contributed by atoms with van der Waals surface area (Å²) in [6.45, 7) is 0. The number of halogens is 1. The molecule has 0 atom stereocenters. The molecule has 3 rings (SSSR count). The van der Waals surface area contributed by atoms with Crippen molar-refractivity contribution in [2.75, 3.05) is 5.32 Å². The third-order valence-corrected chi connectivity index (χ3v) is 3.75. The molecule has 2 N–H and O–H groups in total. The van der Waals surface area contributed by atoms with Crippen molar-refractivity contribution >= 4 is 46.0 Å². The van der Waals surface area contributed by atoms with E-state index in [1.165, 1.54) is 12.1 Å². The first-order valence-electron chi connectivity index (χ1n) is 6.11. The lowest BCUT2D eigenvalue weighted by molar-refractivity contribution is 0.0878. The molecular formula is C15H9IN2O3. The highest BCUT2D eigenvalue weighted by Crippen LogP contribution is 2.21. The van der Waals surface area contributed by atoms with Gasteiger partial charge in [0.15, 0.2) is 0 Å². The molecule has 2 aromatic rings. The van der Waals surface area contributed by atoms with Crippen LogP contribution in [-0.4, -0.2) is 17.7 Å². The lowest BCUT2D eigenvalue weighted by Gasteiger charge is -2.06. The van der Waals surface area contributed by atoms with Gasteiger partial charge in [0.1, 0.15) is 0 Å². The molecule has 0 saturated heterocycles. The van der Waals surface area contributed by atoms with Crippen LogP contribution in [0.25, 0.3) is 0 Å². The summed E-state index contributed by atoms with van der Waals surface area (Å²) in [5, 5.41) is 4.93. The fourth-order valence-corrected chi connectivity index (χ4v) is 2.62. The summed E-state index contributed by atoms with van der Waals surface area (Å²) in [6, 6.07) is 11.8. The molecule has 3 amide bonds. The molecular weight excluding hydrogens is 383 g/mol. The lowest BCUT2D eigenvalue weighted by Crippen LogP contribution is -2.19. The second kappa shape index (κ2) is 5.28. The van der Waals surface area contributed by atoms with Crippen LogP contribution in [0.3, 0.4) is 0 Å². The Morgan fingerprint density at radius 1 is 1.00 bits per heavy atom. The number of anilines is 1. The van der Waals surface area contributed by atoms with E-state index >= 15 is 0 Å². The van der Waals surface area contributed by atoms with Crippen LogP contribution in [0.1, 0.15) is 31.1 Å². The molecule has 0 saturated carbocycles. The van der Waals surface area contributed by atoms with Crippen LogP contribution in [0, 0.1) is 3.57 Å². The number of rotatable bonds is 2. The minimum Gasteiger partial charge on any atom is -0.322 e. The highest BCUT2D eigenvalue weighted by Gasteiger charge is 2.26. The Hall–Kier alpha value is -2.22. The zero-order chi connectivity index (χ0) is 15.0. The maximum Gasteiger partial charge on any atom is 0.259 e. The molecule has 0 spiro atoms. The molecule has 0 unspecified atom stereocenters. The Balaban J connectivity index is 1.86. The Kier molecular flexibility index (Phi) is 3.46. The second-order valence-electron chi connectivity index (χ2n) is 4.51. The molecule has 0 fully saturated rings. The van der Waals surface area contributed by atoms with Gasteiger partial charge in [0.05, 0.1) is 11.1 Å². The molecule has 0 aliphatic carbocycles. The van der Waals surface area contributed by atoms with Crippen molar-refractivity contribution in [3.8, 4) is 0 Å². The minimum atomic E-state index is -0.444. The number of hydrogen-bond acceptors (Lipinski definition) is 3. The van der Waals surface area contributed by atoms with Gasteiger partial charge in [-0.1, -0.05) is 6.07 Å². The SMILES string of the molecule is O=C(Nc1ccc2c(c1)C(=O)NC2=O)c1cccc(I)c1. The van der Waals surface area contributed by atoms with Crippen molar-refractivity contribution in [2.45, 2.75) is 0 Å². The van der Waals surface area contributed by atoms with E-state index in [1.807, 2.05) is 6.07 Å². The smallest absolute Gasteiger partial charge is 0.259 e. The minimum absolute atomic E-state index is 0.266. The monoisotopic (exact) mass is 392 g/mol. The molecule has 1 aliphatic heterocycles. The Morgan fingerprint density at radius 2 is 1.76 bits per heavy atom. The third-order valence-electron chi connectivity index (χ3n) is 3.08. The van der Waals surface area contributed by atoms with Gasteiger partial charge in [-0.25, -0.2) is 0 Å². The molecule has 1 aliphatic rings. The van der Waals surface area contributed by atoms with Crippen molar-refractivity contribution in [2.24, 2.45) is 0 Å². The number of imide groups is 1. The van der Waals surface area contributed by atoms with Gasteiger partial charge in [-0.2, -0.15) is 0 Å². The van der Waals surface area contributed by atoms with Crippen molar-refractivity contribution in [1.82, 2.24) is 5.32 Å². The summed E-state index contributed by atoms with van der Waals surface area (Å²) in [4.78, 5) is 35.2. The van der Waals surface area contributed by atoms with Gasteiger partial charge in [0.25, 0.3) is 17.7 Å². The van der Waals surface area contributed by atoms with Crippen LogP contribution >= 0.6 is 22.6 Å². The quantitative estimate of drug-likeness (QED) is 0.609. The van der Waals surface area contributed by atoms with Gasteiger partial charge in [-0.05, 0) is 59.0 Å². The third kappa shape index (κ3) is 2.66. The van der Waals surface area contributed by atoms with Crippen molar-refractivity contribution in [3.63, 3.8) is 0 Å². The molecule has 0 aromatic heterocycles. The standard InChI is InChI=1S/C15H9IN2O3/c16-9-3-1-2-8(6-9)13(19)17-10-4-5-11-12(7-10)15(21)18-14(11)20/h1-7H,(H,17,19)(H,18,20,21). The molecule has 5 nitrogen and oxygen atoms in total. The van der Waals surface area contributed by atoms with Crippen molar-refractivity contribution in [3.05, 3.63) is 62.7 Å². The van der Waals surface area contributed by atoms with E-state index in [9.17, 15) is 14.4 Å². The average Bonchev–Trinajstić information content (AvgIpc) is 2.74. The van der Waals surface area contributed by atoms with E-state index in [0.717, 1.165) is 3.57 Å².